The number of hydrogen-bond donors (Lipinski definition) is 1. The molecule has 5 heteroatoms. The van der Waals surface area contributed by atoms with Crippen molar-refractivity contribution >= 4 is 23.4 Å². The Morgan fingerprint density at radius 2 is 2.09 bits per heavy atom. The van der Waals surface area contributed by atoms with Crippen LogP contribution in [-0.2, 0) is 9.59 Å². The standard InChI is InChI=1S/C6H11ClN2O2/c1-2-9(4-5(8)10)6(11)3-7/h2-4H2,1H3,(H2,8,10). The van der Waals surface area contributed by atoms with E-state index in [9.17, 15) is 9.59 Å². The van der Waals surface area contributed by atoms with E-state index in [-0.39, 0.29) is 18.3 Å². The molecule has 11 heavy (non-hydrogen) atoms. The van der Waals surface area contributed by atoms with Gasteiger partial charge in [-0.05, 0) is 6.92 Å². The van der Waals surface area contributed by atoms with E-state index in [1.807, 2.05) is 0 Å². The maximum atomic E-state index is 10.9. The fourth-order valence-electron chi connectivity index (χ4n) is 0.649. The van der Waals surface area contributed by atoms with Gasteiger partial charge in [0.2, 0.25) is 11.8 Å². The van der Waals surface area contributed by atoms with Crippen LogP contribution < -0.4 is 5.73 Å². The minimum atomic E-state index is -0.523. The number of nitrogens with zero attached hydrogens (tertiary/aromatic N) is 1. The van der Waals surface area contributed by atoms with Crippen molar-refractivity contribution in [2.45, 2.75) is 6.92 Å². The van der Waals surface area contributed by atoms with Crippen LogP contribution in [0.15, 0.2) is 0 Å². The average Bonchev–Trinajstić information content (AvgIpc) is 1.98. The quantitative estimate of drug-likeness (QED) is 0.594. The smallest absolute Gasteiger partial charge is 0.237 e. The van der Waals surface area contributed by atoms with Crippen molar-refractivity contribution in [1.82, 2.24) is 4.90 Å². The highest BCUT2D eigenvalue weighted by molar-refractivity contribution is 6.27. The van der Waals surface area contributed by atoms with Crippen LogP contribution in [0.3, 0.4) is 0 Å². The first kappa shape index (κ1) is 10.2. The van der Waals surface area contributed by atoms with Crippen molar-refractivity contribution in [3.05, 3.63) is 0 Å². The number of hydrogen-bond acceptors (Lipinski definition) is 2. The third-order valence-corrected chi connectivity index (χ3v) is 1.42. The van der Waals surface area contributed by atoms with Crippen molar-refractivity contribution in [2.75, 3.05) is 19.0 Å². The number of primary amides is 1. The van der Waals surface area contributed by atoms with Gasteiger partial charge in [0.25, 0.3) is 0 Å². The summed E-state index contributed by atoms with van der Waals surface area (Å²) in [5.41, 5.74) is 4.89. The van der Waals surface area contributed by atoms with Crippen LogP contribution >= 0.6 is 11.6 Å². The molecule has 0 aliphatic carbocycles. The van der Waals surface area contributed by atoms with E-state index >= 15 is 0 Å². The Hall–Kier alpha value is -0.770. The largest absolute Gasteiger partial charge is 0.368 e. The zero-order valence-electron chi connectivity index (χ0n) is 6.34. The molecule has 0 heterocycles. The molecule has 4 nitrogen and oxygen atoms in total. The van der Waals surface area contributed by atoms with Crippen LogP contribution in [0, 0.1) is 0 Å². The first-order chi connectivity index (χ1) is 5.11. The van der Waals surface area contributed by atoms with Gasteiger partial charge < -0.3 is 10.6 Å². The molecule has 0 aliphatic rings. The Morgan fingerprint density at radius 1 is 1.55 bits per heavy atom. The average molecular weight is 179 g/mol. The second kappa shape index (κ2) is 4.96. The van der Waals surface area contributed by atoms with Gasteiger partial charge in [0, 0.05) is 6.54 Å². The van der Waals surface area contributed by atoms with Crippen LogP contribution in [0.5, 0.6) is 0 Å². The van der Waals surface area contributed by atoms with E-state index in [0.29, 0.717) is 6.54 Å². The molecule has 0 atom stereocenters. The summed E-state index contributed by atoms with van der Waals surface area (Å²) < 4.78 is 0. The molecule has 0 saturated heterocycles. The summed E-state index contributed by atoms with van der Waals surface area (Å²) in [6.07, 6.45) is 0. The third kappa shape index (κ3) is 3.83. The molecule has 2 N–H and O–H groups in total. The molecule has 0 aromatic carbocycles. The van der Waals surface area contributed by atoms with Crippen molar-refractivity contribution < 1.29 is 9.59 Å². The lowest BCUT2D eigenvalue weighted by Crippen LogP contribution is -2.38. The number of carbonyl (C=O) groups excluding carboxylic acids is 2. The zero-order valence-corrected chi connectivity index (χ0v) is 7.10. The minimum absolute atomic E-state index is 0.0535. The summed E-state index contributed by atoms with van der Waals surface area (Å²) in [6.45, 7) is 2.16. The third-order valence-electron chi connectivity index (χ3n) is 1.20. The molecule has 0 fully saturated rings. The van der Waals surface area contributed by atoms with Gasteiger partial charge in [-0.2, -0.15) is 0 Å². The number of halogens is 1. The normalized spacial score (nSPS) is 9.27. The molecule has 0 radical (unpaired) electrons. The molecular weight excluding hydrogens is 168 g/mol. The highest BCUT2D eigenvalue weighted by Gasteiger charge is 2.11. The fourth-order valence-corrected chi connectivity index (χ4v) is 0.818. The predicted octanol–water partition coefficient (Wildman–Crippen LogP) is -0.441. The second-order valence-corrected chi connectivity index (χ2v) is 2.28. The highest BCUT2D eigenvalue weighted by atomic mass is 35.5. The van der Waals surface area contributed by atoms with E-state index in [4.69, 9.17) is 17.3 Å². The Bertz CT molecular complexity index is 161. The van der Waals surface area contributed by atoms with Gasteiger partial charge in [0.15, 0.2) is 0 Å². The van der Waals surface area contributed by atoms with Crippen LogP contribution in [0.1, 0.15) is 6.92 Å². The number of nitrogens with two attached hydrogens (primary N) is 1. The van der Waals surface area contributed by atoms with Crippen LogP contribution in [0.4, 0.5) is 0 Å². The van der Waals surface area contributed by atoms with Crippen molar-refractivity contribution in [1.29, 1.82) is 0 Å². The molecule has 0 aliphatic heterocycles. The summed E-state index contributed by atoms with van der Waals surface area (Å²) in [4.78, 5) is 22.5. The predicted molar refractivity (Wildman–Crippen MR) is 42.2 cm³/mol. The molecule has 0 rings (SSSR count). The molecular formula is C6H11ClN2O2. The summed E-state index contributed by atoms with van der Waals surface area (Å²) in [5, 5.41) is 0. The number of alkyl halides is 1. The topological polar surface area (TPSA) is 63.4 Å². The molecule has 0 bridgehead atoms. The maximum absolute atomic E-state index is 10.9. The van der Waals surface area contributed by atoms with E-state index < -0.39 is 5.91 Å². The fraction of sp³-hybridized carbons (Fsp3) is 0.667. The Labute approximate surface area is 70.3 Å². The lowest BCUT2D eigenvalue weighted by molar-refractivity contribution is -0.132. The van der Waals surface area contributed by atoms with Crippen LogP contribution in [0.2, 0.25) is 0 Å². The Kier molecular flexibility index (Phi) is 4.61. The number of carbonyl (C=O) groups is 2. The maximum Gasteiger partial charge on any atom is 0.237 e. The van der Waals surface area contributed by atoms with Gasteiger partial charge in [0.1, 0.15) is 5.88 Å². The summed E-state index contributed by atoms with van der Waals surface area (Å²) in [7, 11) is 0. The Balaban J connectivity index is 3.94. The summed E-state index contributed by atoms with van der Waals surface area (Å²) in [5.74, 6) is -0.903. The van der Waals surface area contributed by atoms with Gasteiger partial charge in [0.05, 0.1) is 6.54 Å². The van der Waals surface area contributed by atoms with Crippen molar-refractivity contribution in [3.63, 3.8) is 0 Å². The van der Waals surface area contributed by atoms with Gasteiger partial charge in [-0.1, -0.05) is 0 Å². The molecule has 0 aromatic rings. The lowest BCUT2D eigenvalue weighted by Gasteiger charge is -2.16. The van der Waals surface area contributed by atoms with E-state index in [1.165, 1.54) is 4.90 Å². The van der Waals surface area contributed by atoms with E-state index in [1.54, 1.807) is 6.92 Å². The number of amides is 2. The number of likely N-dealkylation sites (N-methyl/N-ethyl adjacent to an activating group) is 1. The molecule has 2 amide bonds. The van der Waals surface area contributed by atoms with Crippen molar-refractivity contribution in [3.8, 4) is 0 Å². The zero-order chi connectivity index (χ0) is 8.85. The monoisotopic (exact) mass is 178 g/mol. The summed E-state index contributed by atoms with van der Waals surface area (Å²) in [6, 6.07) is 0. The Morgan fingerprint density at radius 3 is 2.36 bits per heavy atom. The van der Waals surface area contributed by atoms with Crippen LogP contribution in [-0.4, -0.2) is 35.7 Å². The van der Waals surface area contributed by atoms with Gasteiger partial charge in [-0.25, -0.2) is 0 Å². The first-order valence-corrected chi connectivity index (χ1v) is 3.77. The van der Waals surface area contributed by atoms with E-state index in [0.717, 1.165) is 0 Å². The molecule has 0 aromatic heterocycles. The van der Waals surface area contributed by atoms with Gasteiger partial charge in [-0.15, -0.1) is 11.6 Å². The minimum Gasteiger partial charge on any atom is -0.368 e. The van der Waals surface area contributed by atoms with Gasteiger partial charge >= 0.3 is 0 Å². The molecule has 0 spiro atoms. The lowest BCUT2D eigenvalue weighted by atomic mass is 10.4. The SMILES string of the molecule is CCN(CC(N)=O)C(=O)CCl. The van der Waals surface area contributed by atoms with Crippen LogP contribution in [0.25, 0.3) is 0 Å². The van der Waals surface area contributed by atoms with Crippen molar-refractivity contribution in [2.24, 2.45) is 5.73 Å². The molecule has 0 saturated carbocycles. The second-order valence-electron chi connectivity index (χ2n) is 2.01. The number of rotatable bonds is 4. The highest BCUT2D eigenvalue weighted by Crippen LogP contribution is 1.90. The van der Waals surface area contributed by atoms with E-state index in [2.05, 4.69) is 0 Å². The molecule has 64 valence electrons. The first-order valence-electron chi connectivity index (χ1n) is 3.23. The van der Waals surface area contributed by atoms with Gasteiger partial charge in [-0.3, -0.25) is 9.59 Å². The molecule has 0 unspecified atom stereocenters. The summed E-state index contributed by atoms with van der Waals surface area (Å²) >= 11 is 5.27.